The average molecular weight is 407 g/mol. The van der Waals surface area contributed by atoms with Crippen LogP contribution in [0.2, 0.25) is 0 Å². The van der Waals surface area contributed by atoms with Gasteiger partial charge in [0.1, 0.15) is 10.8 Å². The van der Waals surface area contributed by atoms with Crippen molar-refractivity contribution in [1.82, 2.24) is 10.2 Å². The summed E-state index contributed by atoms with van der Waals surface area (Å²) in [4.78, 5) is 12.0. The molecular formula is C19H13F4N3OS. The highest BCUT2D eigenvalue weighted by Crippen LogP contribution is 2.30. The van der Waals surface area contributed by atoms with E-state index in [1.807, 2.05) is 0 Å². The molecular weight excluding hydrogens is 394 g/mol. The van der Waals surface area contributed by atoms with Crippen LogP contribution in [0.3, 0.4) is 0 Å². The molecule has 3 rings (SSSR count). The maximum absolute atomic E-state index is 13.6. The zero-order chi connectivity index (χ0) is 20.1. The van der Waals surface area contributed by atoms with E-state index in [1.54, 1.807) is 12.1 Å². The lowest BCUT2D eigenvalue weighted by molar-refractivity contribution is -0.137. The first-order chi connectivity index (χ1) is 13.3. The summed E-state index contributed by atoms with van der Waals surface area (Å²) < 4.78 is 51.3. The van der Waals surface area contributed by atoms with E-state index in [1.165, 1.54) is 48.2 Å². The summed E-state index contributed by atoms with van der Waals surface area (Å²) in [6.07, 6.45) is -4.36. The van der Waals surface area contributed by atoms with Crippen molar-refractivity contribution < 1.29 is 22.4 Å². The van der Waals surface area contributed by atoms with Crippen LogP contribution in [-0.2, 0) is 11.9 Å². The number of nitrogens with one attached hydrogen (secondary N) is 1. The Labute approximate surface area is 162 Å². The lowest BCUT2D eigenvalue weighted by atomic mass is 10.1. The van der Waals surface area contributed by atoms with Crippen LogP contribution in [0.1, 0.15) is 21.5 Å². The Morgan fingerprint density at radius 2 is 1.68 bits per heavy atom. The molecule has 0 aliphatic rings. The van der Waals surface area contributed by atoms with Crippen molar-refractivity contribution in [2.45, 2.75) is 17.0 Å². The molecule has 4 nitrogen and oxygen atoms in total. The third-order valence-corrected chi connectivity index (χ3v) is 4.66. The van der Waals surface area contributed by atoms with Crippen molar-refractivity contribution in [3.05, 3.63) is 83.2 Å². The van der Waals surface area contributed by atoms with E-state index >= 15 is 0 Å². The van der Waals surface area contributed by atoms with E-state index in [-0.39, 0.29) is 11.4 Å². The van der Waals surface area contributed by atoms with Crippen molar-refractivity contribution in [1.29, 1.82) is 0 Å². The molecule has 0 fully saturated rings. The molecule has 0 aliphatic heterocycles. The maximum Gasteiger partial charge on any atom is 0.416 e. The van der Waals surface area contributed by atoms with Gasteiger partial charge in [-0.3, -0.25) is 4.79 Å². The fourth-order valence-electron chi connectivity index (χ4n) is 2.24. The van der Waals surface area contributed by atoms with Gasteiger partial charge in [-0.05, 0) is 42.0 Å². The lowest BCUT2D eigenvalue weighted by Gasteiger charge is -2.07. The van der Waals surface area contributed by atoms with Gasteiger partial charge in [-0.25, -0.2) is 4.39 Å². The molecule has 0 unspecified atom stereocenters. The van der Waals surface area contributed by atoms with Gasteiger partial charge >= 0.3 is 6.18 Å². The zero-order valence-corrected chi connectivity index (χ0v) is 15.0. The molecule has 1 N–H and O–H groups in total. The quantitative estimate of drug-likeness (QED) is 0.468. The van der Waals surface area contributed by atoms with Crippen molar-refractivity contribution in [2.24, 2.45) is 0 Å². The van der Waals surface area contributed by atoms with Crippen LogP contribution in [0.25, 0.3) is 0 Å². The largest absolute Gasteiger partial charge is 0.416 e. The molecule has 0 spiro atoms. The van der Waals surface area contributed by atoms with Gasteiger partial charge in [0.25, 0.3) is 5.91 Å². The van der Waals surface area contributed by atoms with Gasteiger partial charge in [-0.15, -0.1) is 10.2 Å². The molecule has 28 heavy (non-hydrogen) atoms. The number of amides is 1. The number of carbonyl (C=O) groups excluding carboxylic acids is 1. The fraction of sp³-hybridized carbons (Fsp3) is 0.105. The fourth-order valence-corrected chi connectivity index (χ4v) is 3.01. The van der Waals surface area contributed by atoms with Crippen molar-refractivity contribution in [2.75, 3.05) is 5.32 Å². The Kier molecular flexibility index (Phi) is 5.93. The van der Waals surface area contributed by atoms with E-state index in [0.29, 0.717) is 16.3 Å². The number of anilines is 1. The second kappa shape index (κ2) is 8.39. The number of nitrogens with zero attached hydrogens (tertiary/aromatic N) is 2. The van der Waals surface area contributed by atoms with E-state index in [0.717, 1.165) is 12.1 Å². The van der Waals surface area contributed by atoms with Crippen LogP contribution in [0, 0.1) is 5.82 Å². The number of halogens is 4. The van der Waals surface area contributed by atoms with Gasteiger partial charge in [0.05, 0.1) is 11.1 Å². The number of alkyl halides is 3. The first kappa shape index (κ1) is 19.8. The van der Waals surface area contributed by atoms with Gasteiger partial charge < -0.3 is 5.32 Å². The molecule has 1 amide bonds. The zero-order valence-electron chi connectivity index (χ0n) is 14.2. The predicted octanol–water partition coefficient (Wildman–Crippen LogP) is 5.18. The molecule has 0 bridgehead atoms. The van der Waals surface area contributed by atoms with Crippen LogP contribution in [0.5, 0.6) is 0 Å². The maximum atomic E-state index is 13.6. The molecule has 3 aromatic rings. The summed E-state index contributed by atoms with van der Waals surface area (Å²) >= 11 is 1.29. The minimum absolute atomic E-state index is 0.106. The summed E-state index contributed by atoms with van der Waals surface area (Å²) in [6.45, 7) is 0. The SMILES string of the molecule is O=C(Nc1ccc(SCc2ccc(C(F)(F)F)cc2)nn1)c1ccccc1F. The molecule has 1 heterocycles. The van der Waals surface area contributed by atoms with Crippen LogP contribution >= 0.6 is 11.8 Å². The monoisotopic (exact) mass is 407 g/mol. The first-order valence-electron chi connectivity index (χ1n) is 8.01. The Morgan fingerprint density at radius 1 is 0.964 bits per heavy atom. The van der Waals surface area contributed by atoms with Crippen molar-refractivity contribution in [3.63, 3.8) is 0 Å². The molecule has 9 heteroatoms. The van der Waals surface area contributed by atoms with Crippen molar-refractivity contribution >= 4 is 23.5 Å². The summed E-state index contributed by atoms with van der Waals surface area (Å²) in [5.74, 6) is -0.713. The second-order valence-corrected chi connectivity index (χ2v) is 6.67. The number of rotatable bonds is 5. The molecule has 0 saturated heterocycles. The number of carbonyl (C=O) groups is 1. The minimum atomic E-state index is -4.36. The van der Waals surface area contributed by atoms with E-state index < -0.39 is 23.5 Å². The Bertz CT molecular complexity index is 960. The molecule has 144 valence electrons. The van der Waals surface area contributed by atoms with E-state index in [9.17, 15) is 22.4 Å². The van der Waals surface area contributed by atoms with Crippen LogP contribution in [0.15, 0.2) is 65.7 Å². The smallest absolute Gasteiger partial charge is 0.305 e. The number of hydrogen-bond donors (Lipinski definition) is 1. The highest BCUT2D eigenvalue weighted by Gasteiger charge is 2.29. The van der Waals surface area contributed by atoms with E-state index in [2.05, 4.69) is 15.5 Å². The minimum Gasteiger partial charge on any atom is -0.305 e. The Hall–Kier alpha value is -2.94. The number of thioether (sulfide) groups is 1. The highest BCUT2D eigenvalue weighted by atomic mass is 32.2. The first-order valence-corrected chi connectivity index (χ1v) is 9.00. The van der Waals surface area contributed by atoms with Crippen LogP contribution in [0.4, 0.5) is 23.4 Å². The number of aromatic nitrogens is 2. The normalized spacial score (nSPS) is 11.3. The van der Waals surface area contributed by atoms with Crippen LogP contribution in [-0.4, -0.2) is 16.1 Å². The predicted molar refractivity (Wildman–Crippen MR) is 97.4 cm³/mol. The molecule has 0 saturated carbocycles. The van der Waals surface area contributed by atoms with Crippen molar-refractivity contribution in [3.8, 4) is 0 Å². The standard InChI is InChI=1S/C19H13F4N3OS/c20-15-4-2-1-3-14(15)18(27)24-16-9-10-17(26-25-16)28-11-12-5-7-13(8-6-12)19(21,22)23/h1-10H,11H2,(H,24,25,27). The summed E-state index contributed by atoms with van der Waals surface area (Å²) in [7, 11) is 0. The summed E-state index contributed by atoms with van der Waals surface area (Å²) in [6, 6.07) is 13.6. The second-order valence-electron chi connectivity index (χ2n) is 5.67. The Balaban J connectivity index is 1.57. The molecule has 0 atom stereocenters. The molecule has 2 aromatic carbocycles. The number of hydrogen-bond acceptors (Lipinski definition) is 4. The average Bonchev–Trinajstić information content (AvgIpc) is 2.67. The lowest BCUT2D eigenvalue weighted by Crippen LogP contribution is -2.14. The number of benzene rings is 2. The van der Waals surface area contributed by atoms with Gasteiger partial charge in [-0.2, -0.15) is 13.2 Å². The topological polar surface area (TPSA) is 54.9 Å². The van der Waals surface area contributed by atoms with Gasteiger partial charge in [-0.1, -0.05) is 36.0 Å². The van der Waals surface area contributed by atoms with E-state index in [4.69, 9.17) is 0 Å². The highest BCUT2D eigenvalue weighted by molar-refractivity contribution is 7.98. The van der Waals surface area contributed by atoms with Gasteiger partial charge in [0, 0.05) is 5.75 Å². The Morgan fingerprint density at radius 3 is 2.29 bits per heavy atom. The summed E-state index contributed by atoms with van der Waals surface area (Å²) in [5, 5.41) is 10.8. The van der Waals surface area contributed by atoms with Gasteiger partial charge in [0.2, 0.25) is 0 Å². The van der Waals surface area contributed by atoms with Gasteiger partial charge in [0.15, 0.2) is 5.82 Å². The molecule has 0 radical (unpaired) electrons. The van der Waals surface area contributed by atoms with Crippen LogP contribution < -0.4 is 5.32 Å². The third kappa shape index (κ3) is 5.07. The molecule has 1 aromatic heterocycles. The summed E-state index contributed by atoms with van der Waals surface area (Å²) in [5.41, 5.74) is -0.0993. The third-order valence-electron chi connectivity index (χ3n) is 3.67. The molecule has 0 aliphatic carbocycles.